The van der Waals surface area contributed by atoms with E-state index in [4.69, 9.17) is 4.74 Å². The molecule has 24 heavy (non-hydrogen) atoms. The van der Waals surface area contributed by atoms with E-state index in [-0.39, 0.29) is 23.9 Å². The lowest BCUT2D eigenvalue weighted by atomic mass is 9.97. The number of methoxy groups -OCH3 is 1. The largest absolute Gasteiger partial charge is 0.497 e. The van der Waals surface area contributed by atoms with Gasteiger partial charge in [0.1, 0.15) is 5.75 Å². The number of anilines is 1. The highest BCUT2D eigenvalue weighted by Crippen LogP contribution is 2.20. The van der Waals surface area contributed by atoms with Gasteiger partial charge in [0.2, 0.25) is 5.91 Å². The van der Waals surface area contributed by atoms with Crippen molar-refractivity contribution in [2.75, 3.05) is 25.5 Å². The molecular weight excluding hydrogens is 306 g/mol. The smallest absolute Gasteiger partial charge is 0.321 e. The molecule has 6 heteroatoms. The minimum atomic E-state index is -0.177. The molecule has 132 valence electrons. The third kappa shape index (κ3) is 4.88. The van der Waals surface area contributed by atoms with Crippen LogP contribution in [0.3, 0.4) is 0 Å². The summed E-state index contributed by atoms with van der Waals surface area (Å²) in [5.41, 5.74) is 0.686. The number of hydrogen-bond donors (Lipinski definition) is 2. The van der Waals surface area contributed by atoms with E-state index in [0.717, 1.165) is 19.3 Å². The highest BCUT2D eigenvalue weighted by molar-refractivity contribution is 5.90. The van der Waals surface area contributed by atoms with Gasteiger partial charge in [0.25, 0.3) is 0 Å². The lowest BCUT2D eigenvalue weighted by Gasteiger charge is -2.32. The van der Waals surface area contributed by atoms with Gasteiger partial charge in [0, 0.05) is 30.9 Å². The molecule has 3 amide bonds. The van der Waals surface area contributed by atoms with Gasteiger partial charge in [-0.15, -0.1) is 0 Å². The molecule has 0 spiro atoms. The topological polar surface area (TPSA) is 70.7 Å². The Balaban J connectivity index is 1.93. The van der Waals surface area contributed by atoms with Crippen LogP contribution in [0.15, 0.2) is 24.3 Å². The zero-order valence-corrected chi connectivity index (χ0v) is 14.7. The maximum atomic E-state index is 12.5. The second kappa shape index (κ2) is 8.57. The maximum Gasteiger partial charge on any atom is 0.321 e. The van der Waals surface area contributed by atoms with Gasteiger partial charge in [-0.25, -0.2) is 4.79 Å². The maximum absolute atomic E-state index is 12.5. The number of nitrogens with zero attached hydrogens (tertiary/aromatic N) is 1. The molecule has 0 aromatic heterocycles. The molecule has 0 aliphatic carbocycles. The molecule has 1 aliphatic rings. The standard InChI is InChI=1S/C18H27N3O3/c1-4-13(2)19-17(22)14-7-6-10-21(12-14)18(23)20-15-8-5-9-16(11-15)24-3/h5,8-9,11,13-14H,4,6-7,10,12H2,1-3H3,(H,19,22)(H,20,23)/t13-,14-/m0/s1. The summed E-state index contributed by atoms with van der Waals surface area (Å²) in [6, 6.07) is 7.23. The predicted octanol–water partition coefficient (Wildman–Crippen LogP) is 2.85. The Hall–Kier alpha value is -2.24. The molecule has 0 unspecified atom stereocenters. The second-order valence-corrected chi connectivity index (χ2v) is 6.27. The summed E-state index contributed by atoms with van der Waals surface area (Å²) < 4.78 is 5.16. The zero-order chi connectivity index (χ0) is 17.5. The number of carbonyl (C=O) groups excluding carboxylic acids is 2. The Kier molecular flexibility index (Phi) is 6.46. The third-order valence-corrected chi connectivity index (χ3v) is 4.40. The summed E-state index contributed by atoms with van der Waals surface area (Å²) in [6.07, 6.45) is 2.56. The summed E-state index contributed by atoms with van der Waals surface area (Å²) in [7, 11) is 1.59. The van der Waals surface area contributed by atoms with Gasteiger partial charge in [-0.1, -0.05) is 13.0 Å². The first-order valence-corrected chi connectivity index (χ1v) is 8.53. The van der Waals surface area contributed by atoms with Crippen LogP contribution in [-0.2, 0) is 4.79 Å². The fourth-order valence-electron chi connectivity index (χ4n) is 2.74. The number of rotatable bonds is 5. The molecule has 6 nitrogen and oxygen atoms in total. The molecule has 1 fully saturated rings. The van der Waals surface area contributed by atoms with Crippen LogP contribution >= 0.6 is 0 Å². The molecular formula is C18H27N3O3. The van der Waals surface area contributed by atoms with Crippen LogP contribution in [-0.4, -0.2) is 43.1 Å². The Bertz CT molecular complexity index is 576. The summed E-state index contributed by atoms with van der Waals surface area (Å²) in [5.74, 6) is 0.601. The number of urea groups is 1. The summed E-state index contributed by atoms with van der Waals surface area (Å²) in [4.78, 5) is 26.5. The quantitative estimate of drug-likeness (QED) is 0.870. The van der Waals surface area contributed by atoms with Gasteiger partial charge in [-0.3, -0.25) is 4.79 Å². The molecule has 2 atom stereocenters. The van der Waals surface area contributed by atoms with E-state index in [1.807, 2.05) is 32.0 Å². The Morgan fingerprint density at radius 1 is 1.42 bits per heavy atom. The van der Waals surface area contributed by atoms with Crippen molar-refractivity contribution in [1.29, 1.82) is 0 Å². The molecule has 1 aromatic rings. The van der Waals surface area contributed by atoms with Crippen molar-refractivity contribution in [3.63, 3.8) is 0 Å². The first-order valence-electron chi connectivity index (χ1n) is 8.53. The molecule has 1 aliphatic heterocycles. The molecule has 1 aromatic carbocycles. The normalized spacial score (nSPS) is 18.6. The predicted molar refractivity (Wildman–Crippen MR) is 94.2 cm³/mol. The van der Waals surface area contributed by atoms with Gasteiger partial charge in [-0.05, 0) is 38.3 Å². The molecule has 2 rings (SSSR count). The van der Waals surface area contributed by atoms with E-state index in [2.05, 4.69) is 10.6 Å². The highest BCUT2D eigenvalue weighted by atomic mass is 16.5. The van der Waals surface area contributed by atoms with Gasteiger partial charge in [-0.2, -0.15) is 0 Å². The molecule has 1 heterocycles. The lowest BCUT2D eigenvalue weighted by molar-refractivity contribution is -0.126. The minimum absolute atomic E-state index is 0.0447. The van der Waals surface area contributed by atoms with E-state index < -0.39 is 0 Å². The monoisotopic (exact) mass is 333 g/mol. The van der Waals surface area contributed by atoms with Crippen molar-refractivity contribution in [3.05, 3.63) is 24.3 Å². The molecule has 0 saturated carbocycles. The Morgan fingerprint density at radius 3 is 2.92 bits per heavy atom. The van der Waals surface area contributed by atoms with Crippen molar-refractivity contribution in [3.8, 4) is 5.75 Å². The SMILES string of the molecule is CC[C@H](C)NC(=O)[C@H]1CCCN(C(=O)Nc2cccc(OC)c2)C1. The van der Waals surface area contributed by atoms with E-state index in [0.29, 0.717) is 24.5 Å². The van der Waals surface area contributed by atoms with Crippen molar-refractivity contribution in [2.24, 2.45) is 5.92 Å². The van der Waals surface area contributed by atoms with E-state index >= 15 is 0 Å². The lowest BCUT2D eigenvalue weighted by Crippen LogP contribution is -2.48. The van der Waals surface area contributed by atoms with Crippen molar-refractivity contribution in [1.82, 2.24) is 10.2 Å². The summed E-state index contributed by atoms with van der Waals surface area (Å²) in [5, 5.41) is 5.88. The van der Waals surface area contributed by atoms with Crippen LogP contribution in [0.1, 0.15) is 33.1 Å². The molecule has 0 bridgehead atoms. The van der Waals surface area contributed by atoms with Gasteiger partial charge in [0.05, 0.1) is 13.0 Å². The third-order valence-electron chi connectivity index (χ3n) is 4.40. The van der Waals surface area contributed by atoms with Crippen molar-refractivity contribution < 1.29 is 14.3 Å². The minimum Gasteiger partial charge on any atom is -0.497 e. The number of carbonyl (C=O) groups is 2. The number of ether oxygens (including phenoxy) is 1. The molecule has 1 saturated heterocycles. The number of hydrogen-bond acceptors (Lipinski definition) is 3. The van der Waals surface area contributed by atoms with Crippen LogP contribution in [0, 0.1) is 5.92 Å². The Morgan fingerprint density at radius 2 is 2.21 bits per heavy atom. The van der Waals surface area contributed by atoms with Crippen LogP contribution < -0.4 is 15.4 Å². The first-order chi connectivity index (χ1) is 11.5. The average molecular weight is 333 g/mol. The van der Waals surface area contributed by atoms with E-state index in [1.165, 1.54) is 0 Å². The average Bonchev–Trinajstić information content (AvgIpc) is 2.61. The zero-order valence-electron chi connectivity index (χ0n) is 14.7. The van der Waals surface area contributed by atoms with Crippen molar-refractivity contribution in [2.45, 2.75) is 39.2 Å². The van der Waals surface area contributed by atoms with Crippen LogP contribution in [0.5, 0.6) is 5.75 Å². The van der Waals surface area contributed by atoms with Crippen LogP contribution in [0.2, 0.25) is 0 Å². The second-order valence-electron chi connectivity index (χ2n) is 6.27. The number of amides is 3. The fourth-order valence-corrected chi connectivity index (χ4v) is 2.74. The van der Waals surface area contributed by atoms with E-state index in [1.54, 1.807) is 18.1 Å². The number of piperidine rings is 1. The van der Waals surface area contributed by atoms with Gasteiger partial charge in [0.15, 0.2) is 0 Å². The number of likely N-dealkylation sites (tertiary alicyclic amines) is 1. The highest BCUT2D eigenvalue weighted by Gasteiger charge is 2.28. The Labute approximate surface area is 143 Å². The van der Waals surface area contributed by atoms with Gasteiger partial charge < -0.3 is 20.3 Å². The summed E-state index contributed by atoms with van der Waals surface area (Å²) >= 11 is 0. The van der Waals surface area contributed by atoms with Crippen LogP contribution in [0.25, 0.3) is 0 Å². The molecule has 0 radical (unpaired) electrons. The molecule has 2 N–H and O–H groups in total. The van der Waals surface area contributed by atoms with Crippen LogP contribution in [0.4, 0.5) is 10.5 Å². The van der Waals surface area contributed by atoms with E-state index in [9.17, 15) is 9.59 Å². The first kappa shape index (κ1) is 18.1. The number of benzene rings is 1. The van der Waals surface area contributed by atoms with Gasteiger partial charge >= 0.3 is 6.03 Å². The van der Waals surface area contributed by atoms with Crippen molar-refractivity contribution >= 4 is 17.6 Å². The number of nitrogens with one attached hydrogen (secondary N) is 2. The summed E-state index contributed by atoms with van der Waals surface area (Å²) in [6.45, 7) is 5.16. The fraction of sp³-hybridized carbons (Fsp3) is 0.556.